The SMILES string of the molecule is CNc1ccc(NC(=O)C2CCC(C(C)=O)CC2)c(C(O)(C(F)(F)F)C(F)(F)F)c1. The smallest absolute Gasteiger partial charge is 0.388 e. The summed E-state index contributed by atoms with van der Waals surface area (Å²) in [6, 6.07) is 2.56. The van der Waals surface area contributed by atoms with E-state index in [-0.39, 0.29) is 30.2 Å². The fraction of sp³-hybridized carbons (Fsp3) is 0.579. The molecule has 30 heavy (non-hydrogen) atoms. The lowest BCUT2D eigenvalue weighted by atomic mass is 9.80. The van der Waals surface area contributed by atoms with Gasteiger partial charge >= 0.3 is 12.4 Å². The van der Waals surface area contributed by atoms with Crippen molar-refractivity contribution in [3.8, 4) is 0 Å². The number of amides is 1. The Morgan fingerprint density at radius 2 is 1.47 bits per heavy atom. The third-order valence-corrected chi connectivity index (χ3v) is 5.45. The molecule has 0 spiro atoms. The van der Waals surface area contributed by atoms with Gasteiger partial charge < -0.3 is 15.7 Å². The fourth-order valence-corrected chi connectivity index (χ4v) is 3.57. The standard InChI is InChI=1S/C19H22F6N2O3/c1-10(28)11-3-5-12(6-4-11)16(29)27-15-8-7-13(26-2)9-14(15)17(30,18(20,21)22)19(23,24)25/h7-9,11-12,26,30H,3-6H2,1-2H3,(H,27,29). The molecule has 11 heteroatoms. The molecule has 0 atom stereocenters. The van der Waals surface area contributed by atoms with Crippen molar-refractivity contribution in [2.75, 3.05) is 17.7 Å². The first-order chi connectivity index (χ1) is 13.7. The summed E-state index contributed by atoms with van der Waals surface area (Å²) >= 11 is 0. The number of ketones is 1. The van der Waals surface area contributed by atoms with Gasteiger partial charge in [0.25, 0.3) is 5.60 Å². The van der Waals surface area contributed by atoms with E-state index in [1.165, 1.54) is 20.0 Å². The van der Waals surface area contributed by atoms with Crippen LogP contribution < -0.4 is 10.6 Å². The van der Waals surface area contributed by atoms with Crippen LogP contribution in [0.15, 0.2) is 18.2 Å². The van der Waals surface area contributed by atoms with E-state index in [4.69, 9.17) is 0 Å². The zero-order chi connectivity index (χ0) is 22.9. The average Bonchev–Trinajstić information content (AvgIpc) is 2.65. The van der Waals surface area contributed by atoms with E-state index < -0.39 is 41.0 Å². The van der Waals surface area contributed by atoms with Crippen LogP contribution in [-0.2, 0) is 15.2 Å². The predicted molar refractivity (Wildman–Crippen MR) is 96.8 cm³/mol. The molecule has 2 rings (SSSR count). The first-order valence-corrected chi connectivity index (χ1v) is 9.21. The summed E-state index contributed by atoms with van der Waals surface area (Å²) in [5, 5.41) is 14.3. The first kappa shape index (κ1) is 24.0. The average molecular weight is 440 g/mol. The Hall–Kier alpha value is -2.30. The largest absolute Gasteiger partial charge is 0.430 e. The monoisotopic (exact) mass is 440 g/mol. The van der Waals surface area contributed by atoms with E-state index in [1.54, 1.807) is 0 Å². The van der Waals surface area contributed by atoms with Crippen LogP contribution in [0.4, 0.5) is 37.7 Å². The summed E-state index contributed by atoms with van der Waals surface area (Å²) in [5.74, 6) is -1.66. The summed E-state index contributed by atoms with van der Waals surface area (Å²) in [7, 11) is 1.28. The van der Waals surface area contributed by atoms with Crippen LogP contribution in [0.5, 0.6) is 0 Å². The Morgan fingerprint density at radius 1 is 0.967 bits per heavy atom. The number of anilines is 2. The maximum Gasteiger partial charge on any atom is 0.430 e. The molecular formula is C19H22F6N2O3. The maximum atomic E-state index is 13.4. The molecular weight excluding hydrogens is 418 g/mol. The van der Waals surface area contributed by atoms with Gasteiger partial charge in [-0.1, -0.05) is 0 Å². The lowest BCUT2D eigenvalue weighted by molar-refractivity contribution is -0.376. The van der Waals surface area contributed by atoms with Crippen LogP contribution in [0, 0.1) is 11.8 Å². The van der Waals surface area contributed by atoms with Gasteiger partial charge in [-0.15, -0.1) is 0 Å². The van der Waals surface area contributed by atoms with Crippen LogP contribution in [0.2, 0.25) is 0 Å². The first-order valence-electron chi connectivity index (χ1n) is 9.21. The molecule has 1 amide bonds. The highest BCUT2D eigenvalue weighted by atomic mass is 19.4. The quantitative estimate of drug-likeness (QED) is 0.594. The number of aliphatic hydroxyl groups is 1. The number of carbonyl (C=O) groups is 2. The van der Waals surface area contributed by atoms with Crippen LogP contribution in [0.1, 0.15) is 38.2 Å². The number of halogens is 6. The van der Waals surface area contributed by atoms with Crippen molar-refractivity contribution in [3.63, 3.8) is 0 Å². The van der Waals surface area contributed by atoms with Crippen LogP contribution in [0.25, 0.3) is 0 Å². The van der Waals surface area contributed by atoms with Gasteiger partial charge in [-0.05, 0) is 50.8 Å². The van der Waals surface area contributed by atoms with Gasteiger partial charge in [0, 0.05) is 35.8 Å². The molecule has 1 aromatic rings. The van der Waals surface area contributed by atoms with Crippen molar-refractivity contribution < 1.29 is 41.0 Å². The molecule has 168 valence electrons. The zero-order valence-corrected chi connectivity index (χ0v) is 16.2. The molecule has 0 unspecified atom stereocenters. The minimum atomic E-state index is -6.09. The highest BCUT2D eigenvalue weighted by molar-refractivity contribution is 5.94. The number of Topliss-reactive ketones (excluding diaryl/α,β-unsaturated/α-hetero) is 1. The molecule has 1 aliphatic carbocycles. The Bertz CT molecular complexity index is 784. The molecule has 1 aliphatic rings. The van der Waals surface area contributed by atoms with E-state index in [9.17, 15) is 41.0 Å². The molecule has 0 bridgehead atoms. The van der Waals surface area contributed by atoms with Crippen molar-refractivity contribution in [1.82, 2.24) is 0 Å². The lowest BCUT2D eigenvalue weighted by Gasteiger charge is -2.34. The van der Waals surface area contributed by atoms with Gasteiger partial charge in [0.2, 0.25) is 5.91 Å². The van der Waals surface area contributed by atoms with Gasteiger partial charge in [-0.2, -0.15) is 26.3 Å². The molecule has 3 N–H and O–H groups in total. The minimum Gasteiger partial charge on any atom is -0.388 e. The van der Waals surface area contributed by atoms with Crippen molar-refractivity contribution in [3.05, 3.63) is 23.8 Å². The van der Waals surface area contributed by atoms with Crippen LogP contribution in [0.3, 0.4) is 0 Å². The number of hydrogen-bond donors (Lipinski definition) is 3. The number of alkyl halides is 6. The highest BCUT2D eigenvalue weighted by Crippen LogP contribution is 2.52. The Labute approximate surface area is 168 Å². The second-order valence-electron chi connectivity index (χ2n) is 7.36. The zero-order valence-electron chi connectivity index (χ0n) is 16.2. The Morgan fingerprint density at radius 3 is 1.90 bits per heavy atom. The third-order valence-electron chi connectivity index (χ3n) is 5.45. The van der Waals surface area contributed by atoms with E-state index >= 15 is 0 Å². The van der Waals surface area contributed by atoms with E-state index in [2.05, 4.69) is 10.6 Å². The van der Waals surface area contributed by atoms with Crippen molar-refractivity contribution in [2.24, 2.45) is 11.8 Å². The molecule has 0 heterocycles. The summed E-state index contributed by atoms with van der Waals surface area (Å²) in [6.07, 6.45) is -10.8. The number of nitrogens with one attached hydrogen (secondary N) is 2. The molecule has 1 saturated carbocycles. The summed E-state index contributed by atoms with van der Waals surface area (Å²) in [6.45, 7) is 1.43. The summed E-state index contributed by atoms with van der Waals surface area (Å²) in [4.78, 5) is 23.9. The second kappa shape index (κ2) is 8.44. The van der Waals surface area contributed by atoms with Crippen LogP contribution in [-0.4, -0.2) is 36.2 Å². The number of carbonyl (C=O) groups excluding carboxylic acids is 2. The maximum absolute atomic E-state index is 13.4. The predicted octanol–water partition coefficient (Wildman–Crippen LogP) is 4.37. The van der Waals surface area contributed by atoms with E-state index in [0.29, 0.717) is 18.9 Å². The minimum absolute atomic E-state index is 0.0285. The van der Waals surface area contributed by atoms with Gasteiger partial charge in [0.15, 0.2) is 0 Å². The van der Waals surface area contributed by atoms with Crippen molar-refractivity contribution in [2.45, 2.75) is 50.6 Å². The van der Waals surface area contributed by atoms with E-state index in [1.807, 2.05) is 0 Å². The Kier molecular flexibility index (Phi) is 6.75. The topological polar surface area (TPSA) is 78.4 Å². The van der Waals surface area contributed by atoms with Gasteiger partial charge in [-0.25, -0.2) is 0 Å². The van der Waals surface area contributed by atoms with Gasteiger partial charge in [0.05, 0.1) is 0 Å². The molecule has 1 fully saturated rings. The summed E-state index contributed by atoms with van der Waals surface area (Å²) in [5.41, 5.74) is -7.61. The molecule has 1 aromatic carbocycles. The van der Waals surface area contributed by atoms with Crippen LogP contribution >= 0.6 is 0 Å². The number of hydrogen-bond acceptors (Lipinski definition) is 4. The normalized spacial score (nSPS) is 20.6. The molecule has 0 radical (unpaired) electrons. The third kappa shape index (κ3) is 4.55. The Balaban J connectivity index is 2.40. The van der Waals surface area contributed by atoms with Crippen molar-refractivity contribution >= 4 is 23.1 Å². The second-order valence-corrected chi connectivity index (χ2v) is 7.36. The lowest BCUT2D eigenvalue weighted by Crippen LogP contribution is -2.54. The number of rotatable bonds is 5. The molecule has 0 aliphatic heterocycles. The highest BCUT2D eigenvalue weighted by Gasteiger charge is 2.72. The molecule has 0 aromatic heterocycles. The fourth-order valence-electron chi connectivity index (χ4n) is 3.57. The van der Waals surface area contributed by atoms with Gasteiger partial charge in [-0.3, -0.25) is 9.59 Å². The number of benzene rings is 1. The van der Waals surface area contributed by atoms with E-state index in [0.717, 1.165) is 6.07 Å². The molecule has 5 nitrogen and oxygen atoms in total. The van der Waals surface area contributed by atoms with Gasteiger partial charge in [0.1, 0.15) is 5.78 Å². The van der Waals surface area contributed by atoms with Crippen molar-refractivity contribution in [1.29, 1.82) is 0 Å². The molecule has 0 saturated heterocycles. The summed E-state index contributed by atoms with van der Waals surface area (Å²) < 4.78 is 80.3.